The number of carbonyl (C=O) groups is 3. The van der Waals surface area contributed by atoms with Gasteiger partial charge in [0.05, 0.1) is 18.4 Å². The number of hydrogen-bond acceptors (Lipinski definition) is 7. The Labute approximate surface area is 184 Å². The number of rotatable bonds is 7. The zero-order valence-electron chi connectivity index (χ0n) is 17.2. The predicted molar refractivity (Wildman–Crippen MR) is 119 cm³/mol. The minimum atomic E-state index is -3.63. The minimum absolute atomic E-state index is 0.00925. The van der Waals surface area contributed by atoms with E-state index in [9.17, 15) is 22.8 Å². The number of urea groups is 1. The first kappa shape index (κ1) is 22.9. The van der Waals surface area contributed by atoms with Crippen LogP contribution in [0.1, 0.15) is 46.5 Å². The van der Waals surface area contributed by atoms with E-state index in [2.05, 4.69) is 15.6 Å². The molecule has 1 aromatic carbocycles. The normalized spacial score (nSPS) is 14.3. The highest BCUT2D eigenvalue weighted by Gasteiger charge is 2.26. The molecule has 1 heterocycles. The second kappa shape index (κ2) is 9.56. The van der Waals surface area contributed by atoms with Crippen molar-refractivity contribution in [3.05, 3.63) is 40.4 Å². The maximum Gasteiger partial charge on any atom is 0.325 e. The van der Waals surface area contributed by atoms with Gasteiger partial charge in [-0.3, -0.25) is 19.6 Å². The fraction of sp³-hybridized carbons (Fsp3) is 0.400. The quantitative estimate of drug-likeness (QED) is 0.539. The van der Waals surface area contributed by atoms with E-state index in [1.807, 2.05) is 17.7 Å². The summed E-state index contributed by atoms with van der Waals surface area (Å²) in [5.41, 5.74) is 1.87. The zero-order chi connectivity index (χ0) is 22.6. The summed E-state index contributed by atoms with van der Waals surface area (Å²) in [5, 5.41) is 5.53. The molecule has 1 aliphatic rings. The topological polar surface area (TPSA) is 134 Å². The van der Waals surface area contributed by atoms with Crippen molar-refractivity contribution < 1.29 is 22.8 Å². The van der Waals surface area contributed by atoms with Gasteiger partial charge in [0.15, 0.2) is 10.9 Å². The first-order valence-electron chi connectivity index (χ1n) is 9.79. The number of hydrogen-bond donors (Lipinski definition) is 3. The summed E-state index contributed by atoms with van der Waals surface area (Å²) in [5.74, 6) is -0.646. The van der Waals surface area contributed by atoms with E-state index in [0.29, 0.717) is 16.1 Å². The molecule has 3 amide bonds. The highest BCUT2D eigenvalue weighted by Crippen LogP contribution is 2.31. The molecule has 9 nitrogen and oxygen atoms in total. The van der Waals surface area contributed by atoms with Crippen LogP contribution in [0.2, 0.25) is 0 Å². The number of nitrogens with zero attached hydrogens (tertiary/aromatic N) is 1. The summed E-state index contributed by atoms with van der Waals surface area (Å²) < 4.78 is 24.1. The Morgan fingerprint density at radius 2 is 1.87 bits per heavy atom. The molecule has 3 rings (SSSR count). The Balaban J connectivity index is 1.64. The van der Waals surface area contributed by atoms with E-state index in [-0.39, 0.29) is 23.3 Å². The summed E-state index contributed by atoms with van der Waals surface area (Å²) in [7, 11) is -3.63. The Kier molecular flexibility index (Phi) is 7.06. The summed E-state index contributed by atoms with van der Waals surface area (Å²) in [6.45, 7) is 1.90. The van der Waals surface area contributed by atoms with Crippen molar-refractivity contribution in [2.24, 2.45) is 5.92 Å². The van der Waals surface area contributed by atoms with Crippen LogP contribution >= 0.6 is 11.3 Å². The standard InChI is InChI=1S/C20H24N4O5S2/c1-12-7-8-16(15(9-12)18(26)13-5-3-4-6-13)22-19(27)23-20-21-11-14(30-20)10-17(25)24-31(2,28)29/h7-9,11,13H,3-6,10H2,1-2H3,(H,24,25)(H2,21,22,23,27). The lowest BCUT2D eigenvalue weighted by molar-refractivity contribution is -0.118. The van der Waals surface area contributed by atoms with E-state index in [1.54, 1.807) is 12.1 Å². The number of carbonyl (C=O) groups excluding carboxylic acids is 3. The molecule has 0 saturated heterocycles. The fourth-order valence-corrected chi connectivity index (χ4v) is 4.77. The van der Waals surface area contributed by atoms with Gasteiger partial charge in [0.1, 0.15) is 0 Å². The van der Waals surface area contributed by atoms with Gasteiger partial charge in [0.2, 0.25) is 15.9 Å². The number of benzene rings is 1. The van der Waals surface area contributed by atoms with Crippen molar-refractivity contribution in [1.82, 2.24) is 9.71 Å². The third-order valence-corrected chi connectivity index (χ3v) is 6.33. The van der Waals surface area contributed by atoms with Gasteiger partial charge in [-0.15, -0.1) is 11.3 Å². The lowest BCUT2D eigenvalue weighted by Gasteiger charge is -2.14. The number of Topliss-reactive ketones (excluding diaryl/α,β-unsaturated/α-hetero) is 1. The van der Waals surface area contributed by atoms with Crippen molar-refractivity contribution in [2.75, 3.05) is 16.9 Å². The van der Waals surface area contributed by atoms with Gasteiger partial charge in [-0.25, -0.2) is 18.2 Å². The molecule has 0 unspecified atom stereocenters. The van der Waals surface area contributed by atoms with Gasteiger partial charge in [-0.1, -0.05) is 24.5 Å². The molecule has 11 heteroatoms. The van der Waals surface area contributed by atoms with Crippen LogP contribution in [0.25, 0.3) is 0 Å². The monoisotopic (exact) mass is 464 g/mol. The fourth-order valence-electron chi connectivity index (χ4n) is 3.48. The van der Waals surface area contributed by atoms with Crippen molar-refractivity contribution in [1.29, 1.82) is 0 Å². The Morgan fingerprint density at radius 3 is 2.55 bits per heavy atom. The zero-order valence-corrected chi connectivity index (χ0v) is 18.9. The summed E-state index contributed by atoms with van der Waals surface area (Å²) in [4.78, 5) is 41.6. The van der Waals surface area contributed by atoms with Gasteiger partial charge >= 0.3 is 6.03 Å². The van der Waals surface area contributed by atoms with Crippen LogP contribution in [0.4, 0.5) is 15.6 Å². The predicted octanol–water partition coefficient (Wildman–Crippen LogP) is 3.09. The highest BCUT2D eigenvalue weighted by molar-refractivity contribution is 7.89. The molecule has 31 heavy (non-hydrogen) atoms. The smallest absolute Gasteiger partial charge is 0.307 e. The number of nitrogens with one attached hydrogen (secondary N) is 3. The van der Waals surface area contributed by atoms with E-state index in [0.717, 1.165) is 48.8 Å². The highest BCUT2D eigenvalue weighted by atomic mass is 32.2. The van der Waals surface area contributed by atoms with Crippen molar-refractivity contribution in [2.45, 2.75) is 39.0 Å². The first-order chi connectivity index (χ1) is 14.6. The molecule has 2 aromatic rings. The van der Waals surface area contributed by atoms with E-state index in [4.69, 9.17) is 0 Å². The molecular weight excluding hydrogens is 440 g/mol. The van der Waals surface area contributed by atoms with Crippen LogP contribution < -0.4 is 15.4 Å². The van der Waals surface area contributed by atoms with Crippen LogP contribution in [-0.2, 0) is 21.2 Å². The maximum absolute atomic E-state index is 12.9. The average molecular weight is 465 g/mol. The van der Waals surface area contributed by atoms with Crippen LogP contribution in [0, 0.1) is 12.8 Å². The van der Waals surface area contributed by atoms with Crippen LogP contribution in [0.15, 0.2) is 24.4 Å². The third-order valence-electron chi connectivity index (χ3n) is 4.82. The second-order valence-electron chi connectivity index (χ2n) is 7.58. The summed E-state index contributed by atoms with van der Waals surface area (Å²) in [6, 6.07) is 4.76. The largest absolute Gasteiger partial charge is 0.325 e. The molecule has 166 valence electrons. The lowest BCUT2D eigenvalue weighted by atomic mass is 9.94. The van der Waals surface area contributed by atoms with Gasteiger partial charge in [-0.2, -0.15) is 0 Å². The Morgan fingerprint density at radius 1 is 1.16 bits per heavy atom. The Bertz CT molecular complexity index is 1100. The minimum Gasteiger partial charge on any atom is -0.307 e. The SMILES string of the molecule is Cc1ccc(NC(=O)Nc2ncc(CC(=O)NS(C)(=O)=O)s2)c(C(=O)C2CCCC2)c1. The number of aromatic nitrogens is 1. The number of aryl methyl sites for hydroxylation is 1. The number of anilines is 2. The third kappa shape index (κ3) is 6.59. The van der Waals surface area contributed by atoms with E-state index < -0.39 is 22.0 Å². The van der Waals surface area contributed by atoms with E-state index >= 15 is 0 Å². The lowest BCUT2D eigenvalue weighted by Crippen LogP contribution is -2.30. The van der Waals surface area contributed by atoms with Gasteiger partial charge in [0.25, 0.3) is 0 Å². The molecule has 1 aromatic heterocycles. The Hall–Kier alpha value is -2.79. The number of sulfonamides is 1. The van der Waals surface area contributed by atoms with Crippen LogP contribution in [0.5, 0.6) is 0 Å². The molecule has 0 bridgehead atoms. The number of thiazole rings is 1. The molecule has 0 spiro atoms. The van der Waals surface area contributed by atoms with Gasteiger partial charge in [0, 0.05) is 22.6 Å². The molecule has 0 radical (unpaired) electrons. The van der Waals surface area contributed by atoms with Crippen molar-refractivity contribution >= 4 is 49.9 Å². The molecular formula is C20H24N4O5S2. The van der Waals surface area contributed by atoms with Gasteiger partial charge < -0.3 is 5.32 Å². The van der Waals surface area contributed by atoms with Crippen molar-refractivity contribution in [3.63, 3.8) is 0 Å². The number of amides is 3. The molecule has 1 saturated carbocycles. The first-order valence-corrected chi connectivity index (χ1v) is 12.5. The molecule has 1 fully saturated rings. The maximum atomic E-state index is 12.9. The average Bonchev–Trinajstić information content (AvgIpc) is 3.33. The summed E-state index contributed by atoms with van der Waals surface area (Å²) >= 11 is 1.05. The summed E-state index contributed by atoms with van der Waals surface area (Å²) in [6.07, 6.45) is 5.93. The molecule has 1 aliphatic carbocycles. The molecule has 0 atom stereocenters. The van der Waals surface area contributed by atoms with Gasteiger partial charge in [-0.05, 0) is 31.9 Å². The second-order valence-corrected chi connectivity index (χ2v) is 10.4. The molecule has 3 N–H and O–H groups in total. The van der Waals surface area contributed by atoms with Crippen LogP contribution in [0.3, 0.4) is 0 Å². The molecule has 0 aliphatic heterocycles. The van der Waals surface area contributed by atoms with Crippen molar-refractivity contribution in [3.8, 4) is 0 Å². The van der Waals surface area contributed by atoms with E-state index in [1.165, 1.54) is 6.20 Å². The number of ketones is 1. The van der Waals surface area contributed by atoms with Crippen LogP contribution in [-0.4, -0.2) is 37.4 Å².